The van der Waals surface area contributed by atoms with Gasteiger partial charge in [-0.1, -0.05) is 37.9 Å². The summed E-state index contributed by atoms with van der Waals surface area (Å²) in [6.45, 7) is 15.4. The molecule has 94 valence electrons. The SMILES string of the molecule is C/C(=C(/C)C(C)(C)C)c1cc(Cl)cc(C)c1C. The molecule has 0 nitrogen and oxygen atoms in total. The molecule has 0 fully saturated rings. The van der Waals surface area contributed by atoms with Gasteiger partial charge < -0.3 is 0 Å². The fraction of sp³-hybridized carbons (Fsp3) is 0.500. The third-order valence-electron chi connectivity index (χ3n) is 3.72. The summed E-state index contributed by atoms with van der Waals surface area (Å²) in [5.74, 6) is 0. The molecule has 0 aliphatic carbocycles. The minimum Gasteiger partial charge on any atom is -0.0843 e. The Balaban J connectivity index is 3.45. The number of hydrogen-bond donors (Lipinski definition) is 0. The summed E-state index contributed by atoms with van der Waals surface area (Å²) in [5.41, 5.74) is 6.83. The van der Waals surface area contributed by atoms with E-state index in [0.29, 0.717) is 0 Å². The predicted molar refractivity (Wildman–Crippen MR) is 78.6 cm³/mol. The molecule has 1 aromatic rings. The van der Waals surface area contributed by atoms with Crippen LogP contribution in [0.4, 0.5) is 0 Å². The standard InChI is InChI=1S/C16H23Cl/c1-10-8-14(17)9-15(11(10)2)12(3)13(4)16(5,6)7/h8-9H,1-7H3/b13-12+. The molecule has 1 rings (SSSR count). The summed E-state index contributed by atoms with van der Waals surface area (Å²) in [7, 11) is 0. The third-order valence-corrected chi connectivity index (χ3v) is 3.94. The predicted octanol–water partition coefficient (Wildman–Crippen LogP) is 5.80. The normalized spacial score (nSPS) is 13.6. The number of rotatable bonds is 1. The van der Waals surface area contributed by atoms with E-state index in [2.05, 4.69) is 54.5 Å². The summed E-state index contributed by atoms with van der Waals surface area (Å²) in [6, 6.07) is 4.11. The maximum Gasteiger partial charge on any atom is 0.0414 e. The van der Waals surface area contributed by atoms with Crippen LogP contribution in [0.2, 0.25) is 5.02 Å². The molecule has 0 radical (unpaired) electrons. The molecule has 0 bridgehead atoms. The molecule has 0 saturated heterocycles. The first-order valence-corrected chi connectivity index (χ1v) is 6.47. The van der Waals surface area contributed by atoms with Crippen LogP contribution in [0.15, 0.2) is 17.7 Å². The molecule has 0 aliphatic heterocycles. The van der Waals surface area contributed by atoms with Crippen molar-refractivity contribution in [1.82, 2.24) is 0 Å². The van der Waals surface area contributed by atoms with E-state index >= 15 is 0 Å². The average molecular weight is 251 g/mol. The Bertz CT molecular complexity index is 459. The van der Waals surface area contributed by atoms with E-state index < -0.39 is 0 Å². The molecule has 0 spiro atoms. The number of halogens is 1. The van der Waals surface area contributed by atoms with Gasteiger partial charge in [0.2, 0.25) is 0 Å². The third kappa shape index (κ3) is 3.13. The van der Waals surface area contributed by atoms with Gasteiger partial charge in [-0.05, 0) is 67.5 Å². The van der Waals surface area contributed by atoms with E-state index in [1.165, 1.54) is 27.8 Å². The molecule has 0 heterocycles. The molecule has 0 N–H and O–H groups in total. The Morgan fingerprint density at radius 1 is 1.06 bits per heavy atom. The van der Waals surface area contributed by atoms with Gasteiger partial charge in [0, 0.05) is 5.02 Å². The highest BCUT2D eigenvalue weighted by Gasteiger charge is 2.17. The van der Waals surface area contributed by atoms with E-state index in [9.17, 15) is 0 Å². The fourth-order valence-electron chi connectivity index (χ4n) is 1.97. The van der Waals surface area contributed by atoms with Crippen molar-refractivity contribution < 1.29 is 0 Å². The highest BCUT2D eigenvalue weighted by molar-refractivity contribution is 6.30. The van der Waals surface area contributed by atoms with Gasteiger partial charge in [-0.3, -0.25) is 0 Å². The topological polar surface area (TPSA) is 0 Å². The monoisotopic (exact) mass is 250 g/mol. The molecule has 0 unspecified atom stereocenters. The smallest absolute Gasteiger partial charge is 0.0414 e. The van der Waals surface area contributed by atoms with Crippen molar-refractivity contribution >= 4 is 17.2 Å². The first kappa shape index (κ1) is 14.3. The Labute approximate surface area is 111 Å². The second-order valence-corrected chi connectivity index (χ2v) is 6.33. The number of hydrogen-bond acceptors (Lipinski definition) is 0. The lowest BCUT2D eigenvalue weighted by molar-refractivity contribution is 0.505. The van der Waals surface area contributed by atoms with Crippen LogP contribution in [0.5, 0.6) is 0 Å². The van der Waals surface area contributed by atoms with E-state index in [0.717, 1.165) is 5.02 Å². The van der Waals surface area contributed by atoms with Crippen LogP contribution in [0.25, 0.3) is 5.57 Å². The Kier molecular flexibility index (Phi) is 4.09. The van der Waals surface area contributed by atoms with Gasteiger partial charge in [0.15, 0.2) is 0 Å². The lowest BCUT2D eigenvalue weighted by atomic mass is 9.82. The zero-order valence-corrected chi connectivity index (χ0v) is 12.8. The van der Waals surface area contributed by atoms with Crippen LogP contribution in [0, 0.1) is 19.3 Å². The quantitative estimate of drug-likeness (QED) is 0.591. The summed E-state index contributed by atoms with van der Waals surface area (Å²) < 4.78 is 0. The van der Waals surface area contributed by atoms with E-state index in [1.807, 2.05) is 6.07 Å². The van der Waals surface area contributed by atoms with Crippen LogP contribution in [0.1, 0.15) is 51.3 Å². The summed E-state index contributed by atoms with van der Waals surface area (Å²) >= 11 is 6.16. The van der Waals surface area contributed by atoms with Crippen molar-refractivity contribution in [2.75, 3.05) is 0 Å². The molecule has 17 heavy (non-hydrogen) atoms. The van der Waals surface area contributed by atoms with Gasteiger partial charge in [0.1, 0.15) is 0 Å². The highest BCUT2D eigenvalue weighted by atomic mass is 35.5. The first-order valence-electron chi connectivity index (χ1n) is 6.09. The average Bonchev–Trinajstić information content (AvgIpc) is 2.20. The van der Waals surface area contributed by atoms with E-state index in [-0.39, 0.29) is 5.41 Å². The van der Waals surface area contributed by atoms with Gasteiger partial charge in [-0.25, -0.2) is 0 Å². The van der Waals surface area contributed by atoms with Crippen LogP contribution in [-0.2, 0) is 0 Å². The summed E-state index contributed by atoms with van der Waals surface area (Å²) in [6.07, 6.45) is 0. The Hall–Kier alpha value is -0.750. The van der Waals surface area contributed by atoms with Crippen LogP contribution < -0.4 is 0 Å². The zero-order valence-electron chi connectivity index (χ0n) is 12.0. The van der Waals surface area contributed by atoms with Crippen molar-refractivity contribution in [2.45, 2.75) is 48.5 Å². The van der Waals surface area contributed by atoms with Crippen LogP contribution in [-0.4, -0.2) is 0 Å². The molecule has 0 atom stereocenters. The van der Waals surface area contributed by atoms with E-state index in [4.69, 9.17) is 11.6 Å². The molecular formula is C16H23Cl. The van der Waals surface area contributed by atoms with E-state index in [1.54, 1.807) is 0 Å². The van der Waals surface area contributed by atoms with Crippen molar-refractivity contribution in [3.63, 3.8) is 0 Å². The molecule has 0 aliphatic rings. The molecule has 0 saturated carbocycles. The molecule has 1 heteroatoms. The Morgan fingerprint density at radius 3 is 2.06 bits per heavy atom. The number of aryl methyl sites for hydroxylation is 1. The zero-order chi connectivity index (χ0) is 13.4. The van der Waals surface area contributed by atoms with Crippen molar-refractivity contribution in [2.24, 2.45) is 5.41 Å². The summed E-state index contributed by atoms with van der Waals surface area (Å²) in [5, 5.41) is 0.823. The summed E-state index contributed by atoms with van der Waals surface area (Å²) in [4.78, 5) is 0. The highest BCUT2D eigenvalue weighted by Crippen LogP contribution is 2.34. The minimum absolute atomic E-state index is 0.201. The van der Waals surface area contributed by atoms with Gasteiger partial charge in [-0.2, -0.15) is 0 Å². The van der Waals surface area contributed by atoms with Crippen molar-refractivity contribution in [3.05, 3.63) is 39.4 Å². The van der Waals surface area contributed by atoms with Gasteiger partial charge in [-0.15, -0.1) is 0 Å². The van der Waals surface area contributed by atoms with Gasteiger partial charge in [0.05, 0.1) is 0 Å². The Morgan fingerprint density at radius 2 is 1.59 bits per heavy atom. The number of allylic oxidation sites excluding steroid dienone is 2. The molecule has 0 aromatic heterocycles. The molecular weight excluding hydrogens is 228 g/mol. The van der Waals surface area contributed by atoms with Crippen molar-refractivity contribution in [3.8, 4) is 0 Å². The molecule has 1 aromatic carbocycles. The largest absolute Gasteiger partial charge is 0.0843 e. The van der Waals surface area contributed by atoms with Crippen LogP contribution in [0.3, 0.4) is 0 Å². The van der Waals surface area contributed by atoms with Gasteiger partial charge >= 0.3 is 0 Å². The second kappa shape index (κ2) is 4.86. The minimum atomic E-state index is 0.201. The second-order valence-electron chi connectivity index (χ2n) is 5.90. The fourth-order valence-corrected chi connectivity index (χ4v) is 2.24. The van der Waals surface area contributed by atoms with Crippen LogP contribution >= 0.6 is 11.6 Å². The first-order chi connectivity index (χ1) is 7.64. The maximum atomic E-state index is 6.16. The van der Waals surface area contributed by atoms with Gasteiger partial charge in [0.25, 0.3) is 0 Å². The molecule has 0 amide bonds. The number of benzene rings is 1. The lowest BCUT2D eigenvalue weighted by Gasteiger charge is -2.24. The van der Waals surface area contributed by atoms with Crippen molar-refractivity contribution in [1.29, 1.82) is 0 Å². The lowest BCUT2D eigenvalue weighted by Crippen LogP contribution is -2.08. The maximum absolute atomic E-state index is 6.16.